The Bertz CT molecular complexity index is 440. The number of rotatable bonds is 3. The number of carbonyl (C=O) groups is 1. The van der Waals surface area contributed by atoms with Crippen molar-refractivity contribution >= 4 is 12.1 Å². The van der Waals surface area contributed by atoms with Crippen molar-refractivity contribution in [2.75, 3.05) is 32.1 Å². The van der Waals surface area contributed by atoms with E-state index in [0.717, 1.165) is 30.9 Å². The zero-order valence-electron chi connectivity index (χ0n) is 11.7. The molecule has 1 aromatic rings. The highest BCUT2D eigenvalue weighted by Crippen LogP contribution is 2.25. The molecule has 1 unspecified atom stereocenters. The molecule has 5 nitrogen and oxygen atoms in total. The molecule has 5 heteroatoms. The van der Waals surface area contributed by atoms with E-state index in [9.17, 15) is 4.79 Å². The maximum absolute atomic E-state index is 11.2. The fourth-order valence-electron chi connectivity index (χ4n) is 2.85. The molecule has 0 aliphatic carbocycles. The van der Waals surface area contributed by atoms with Gasteiger partial charge in [0.2, 0.25) is 0 Å². The quantitative estimate of drug-likeness (QED) is 0.753. The van der Waals surface area contributed by atoms with E-state index in [1.165, 1.54) is 12.8 Å². The highest BCUT2D eigenvalue weighted by Gasteiger charge is 2.25. The van der Waals surface area contributed by atoms with Crippen LogP contribution in [-0.2, 0) is 7.05 Å². The number of carbonyl (C=O) groups excluding carboxylic acids is 1. The summed E-state index contributed by atoms with van der Waals surface area (Å²) in [6, 6.07) is 0.456. The van der Waals surface area contributed by atoms with Crippen LogP contribution in [0.15, 0.2) is 0 Å². The lowest BCUT2D eigenvalue weighted by Crippen LogP contribution is -2.45. The maximum Gasteiger partial charge on any atom is 0.155 e. The monoisotopic (exact) mass is 250 g/mol. The Morgan fingerprint density at radius 2 is 2.17 bits per heavy atom. The Kier molecular flexibility index (Phi) is 3.71. The van der Waals surface area contributed by atoms with Crippen LogP contribution < -0.4 is 4.90 Å². The Morgan fingerprint density at radius 3 is 2.78 bits per heavy atom. The van der Waals surface area contributed by atoms with Gasteiger partial charge in [0.15, 0.2) is 6.29 Å². The summed E-state index contributed by atoms with van der Waals surface area (Å²) in [5, 5.41) is 4.35. The van der Waals surface area contributed by atoms with E-state index >= 15 is 0 Å². The van der Waals surface area contributed by atoms with Gasteiger partial charge in [-0.2, -0.15) is 5.10 Å². The summed E-state index contributed by atoms with van der Waals surface area (Å²) in [5.74, 6) is 0.933. The summed E-state index contributed by atoms with van der Waals surface area (Å²) in [4.78, 5) is 15.8. The number of hydrogen-bond acceptors (Lipinski definition) is 4. The topological polar surface area (TPSA) is 41.4 Å². The second-order valence-corrected chi connectivity index (χ2v) is 5.23. The third-order valence-corrected chi connectivity index (χ3v) is 3.84. The smallest absolute Gasteiger partial charge is 0.155 e. The van der Waals surface area contributed by atoms with Gasteiger partial charge in [-0.1, -0.05) is 0 Å². The van der Waals surface area contributed by atoms with Gasteiger partial charge in [0.25, 0.3) is 0 Å². The molecule has 2 rings (SSSR count). The maximum atomic E-state index is 11.2. The summed E-state index contributed by atoms with van der Waals surface area (Å²) < 4.78 is 1.81. The number of aldehydes is 1. The first-order valence-electron chi connectivity index (χ1n) is 6.44. The zero-order chi connectivity index (χ0) is 13.3. The van der Waals surface area contributed by atoms with Crippen molar-refractivity contribution in [1.29, 1.82) is 0 Å². The van der Waals surface area contributed by atoms with Crippen LogP contribution in [0.4, 0.5) is 5.82 Å². The summed E-state index contributed by atoms with van der Waals surface area (Å²) in [7, 11) is 6.11. The van der Waals surface area contributed by atoms with E-state index in [2.05, 4.69) is 29.0 Å². The van der Waals surface area contributed by atoms with Crippen molar-refractivity contribution in [1.82, 2.24) is 14.7 Å². The molecule has 1 atom stereocenters. The summed E-state index contributed by atoms with van der Waals surface area (Å²) in [5.41, 5.74) is 1.52. The molecule has 1 aliphatic rings. The molecule has 1 aromatic heterocycles. The fourth-order valence-corrected chi connectivity index (χ4v) is 2.85. The summed E-state index contributed by atoms with van der Waals surface area (Å²) >= 11 is 0. The molecule has 0 N–H and O–H groups in total. The highest BCUT2D eigenvalue weighted by molar-refractivity contribution is 5.84. The first-order valence-corrected chi connectivity index (χ1v) is 6.44. The van der Waals surface area contributed by atoms with Gasteiger partial charge >= 0.3 is 0 Å². The Balaban J connectivity index is 2.27. The van der Waals surface area contributed by atoms with Crippen molar-refractivity contribution in [3.05, 3.63) is 11.3 Å². The van der Waals surface area contributed by atoms with Gasteiger partial charge in [0.1, 0.15) is 5.82 Å². The molecule has 0 bridgehead atoms. The number of nitrogens with zero attached hydrogens (tertiary/aromatic N) is 4. The number of likely N-dealkylation sites (N-methyl/N-ethyl adjacent to an activating group) is 2. The molecule has 1 aliphatic heterocycles. The van der Waals surface area contributed by atoms with Crippen LogP contribution in [0.3, 0.4) is 0 Å². The number of anilines is 1. The lowest BCUT2D eigenvalue weighted by molar-refractivity contribution is 0.112. The molecule has 0 amide bonds. The standard InChI is InChI=1S/C13H22N4O/c1-10-12(9-18)13(17(4)14-10)16(3)11-6-5-7-15(2)8-11/h9,11H,5-8H2,1-4H3. The third kappa shape index (κ3) is 2.27. The average molecular weight is 250 g/mol. The normalized spacial score (nSPS) is 21.0. The van der Waals surface area contributed by atoms with Gasteiger partial charge in [-0.05, 0) is 33.4 Å². The van der Waals surface area contributed by atoms with E-state index in [1.807, 2.05) is 18.7 Å². The fraction of sp³-hybridized carbons (Fsp3) is 0.692. The van der Waals surface area contributed by atoms with E-state index in [4.69, 9.17) is 0 Å². The van der Waals surface area contributed by atoms with Gasteiger partial charge in [0.05, 0.1) is 11.3 Å². The van der Waals surface area contributed by atoms with Gasteiger partial charge in [-0.3, -0.25) is 9.48 Å². The highest BCUT2D eigenvalue weighted by atomic mass is 16.1. The van der Waals surface area contributed by atoms with Crippen molar-refractivity contribution in [2.45, 2.75) is 25.8 Å². The Labute approximate surface area is 108 Å². The molecule has 0 spiro atoms. The van der Waals surface area contributed by atoms with Crippen molar-refractivity contribution in [3.63, 3.8) is 0 Å². The van der Waals surface area contributed by atoms with Gasteiger partial charge in [-0.15, -0.1) is 0 Å². The second-order valence-electron chi connectivity index (χ2n) is 5.23. The lowest BCUT2D eigenvalue weighted by Gasteiger charge is -2.37. The van der Waals surface area contributed by atoms with Crippen molar-refractivity contribution in [2.24, 2.45) is 7.05 Å². The van der Waals surface area contributed by atoms with E-state index < -0.39 is 0 Å². The Hall–Kier alpha value is -1.36. The minimum atomic E-state index is 0.456. The molecular weight excluding hydrogens is 228 g/mol. The van der Waals surface area contributed by atoms with Crippen molar-refractivity contribution < 1.29 is 4.79 Å². The molecule has 1 fully saturated rings. The summed E-state index contributed by atoms with van der Waals surface area (Å²) in [6.45, 7) is 4.09. The molecule has 0 radical (unpaired) electrons. The molecule has 1 saturated heterocycles. The van der Waals surface area contributed by atoms with E-state index in [0.29, 0.717) is 11.6 Å². The van der Waals surface area contributed by atoms with Crippen LogP contribution in [-0.4, -0.2) is 54.2 Å². The summed E-state index contributed by atoms with van der Waals surface area (Å²) in [6.07, 6.45) is 3.29. The van der Waals surface area contributed by atoms with E-state index in [1.54, 1.807) is 0 Å². The minimum absolute atomic E-state index is 0.456. The lowest BCUT2D eigenvalue weighted by atomic mass is 10.0. The van der Waals surface area contributed by atoms with Gasteiger partial charge in [-0.25, -0.2) is 0 Å². The number of likely N-dealkylation sites (tertiary alicyclic amines) is 1. The molecule has 0 aromatic carbocycles. The van der Waals surface area contributed by atoms with Gasteiger partial charge < -0.3 is 9.80 Å². The van der Waals surface area contributed by atoms with E-state index in [-0.39, 0.29) is 0 Å². The molecular formula is C13H22N4O. The largest absolute Gasteiger partial charge is 0.355 e. The predicted molar refractivity (Wildman–Crippen MR) is 72.3 cm³/mol. The molecule has 100 valence electrons. The second kappa shape index (κ2) is 5.10. The van der Waals surface area contributed by atoms with Gasteiger partial charge in [0, 0.05) is 26.7 Å². The molecule has 18 heavy (non-hydrogen) atoms. The Morgan fingerprint density at radius 1 is 1.44 bits per heavy atom. The number of aromatic nitrogens is 2. The van der Waals surface area contributed by atoms with Crippen LogP contribution in [0, 0.1) is 6.92 Å². The number of aryl methyl sites for hydroxylation is 2. The van der Waals surface area contributed by atoms with Crippen LogP contribution in [0.25, 0.3) is 0 Å². The zero-order valence-corrected chi connectivity index (χ0v) is 11.7. The van der Waals surface area contributed by atoms with Crippen LogP contribution >= 0.6 is 0 Å². The van der Waals surface area contributed by atoms with Crippen molar-refractivity contribution in [3.8, 4) is 0 Å². The molecule has 2 heterocycles. The number of piperidine rings is 1. The predicted octanol–water partition coefficient (Wildman–Crippen LogP) is 1.07. The third-order valence-electron chi connectivity index (χ3n) is 3.84. The van der Waals surface area contributed by atoms with Crippen LogP contribution in [0.2, 0.25) is 0 Å². The molecule has 0 saturated carbocycles. The minimum Gasteiger partial charge on any atom is -0.355 e. The average Bonchev–Trinajstić information content (AvgIpc) is 2.62. The number of hydrogen-bond donors (Lipinski definition) is 0. The SMILES string of the molecule is Cc1nn(C)c(N(C)C2CCCN(C)C2)c1C=O. The van der Waals surface area contributed by atoms with Crippen LogP contribution in [0.1, 0.15) is 28.9 Å². The first kappa shape index (κ1) is 13.1. The van der Waals surface area contributed by atoms with Crippen LogP contribution in [0.5, 0.6) is 0 Å². The first-order chi connectivity index (χ1) is 8.54.